The number of carbonyl (C=O) groups excluding carboxylic acids is 2. The molecule has 3 aromatic carbocycles. The summed E-state index contributed by atoms with van der Waals surface area (Å²) in [6, 6.07) is 20.1. The van der Waals surface area contributed by atoms with Gasteiger partial charge in [-0.1, -0.05) is 43.2 Å². The van der Waals surface area contributed by atoms with Crippen molar-refractivity contribution >= 4 is 17.5 Å². The van der Waals surface area contributed by atoms with Crippen LogP contribution in [0.5, 0.6) is 17.2 Å². The minimum Gasteiger partial charge on any atom is -0.493 e. The van der Waals surface area contributed by atoms with E-state index in [-0.39, 0.29) is 17.9 Å². The smallest absolute Gasteiger partial charge is 0.255 e. The third-order valence-electron chi connectivity index (χ3n) is 6.04. The molecule has 2 N–H and O–H groups in total. The number of hydrogen-bond acceptors (Lipinski definition) is 5. The Hall–Kier alpha value is -4.00. The first kappa shape index (κ1) is 24.1. The lowest BCUT2D eigenvalue weighted by Gasteiger charge is -2.16. The second-order valence-corrected chi connectivity index (χ2v) is 8.47. The molecule has 0 heterocycles. The maximum Gasteiger partial charge on any atom is 0.255 e. The Labute approximate surface area is 205 Å². The Morgan fingerprint density at radius 2 is 1.46 bits per heavy atom. The number of methoxy groups -OCH3 is 2. The third-order valence-corrected chi connectivity index (χ3v) is 6.04. The first-order chi connectivity index (χ1) is 17.1. The lowest BCUT2D eigenvalue weighted by molar-refractivity contribution is 0.0937. The van der Waals surface area contributed by atoms with Crippen molar-refractivity contribution in [3.8, 4) is 17.2 Å². The summed E-state index contributed by atoms with van der Waals surface area (Å²) in [6.45, 7) is 0.333. The van der Waals surface area contributed by atoms with Crippen LogP contribution in [0, 0.1) is 0 Å². The summed E-state index contributed by atoms with van der Waals surface area (Å²) in [5.41, 5.74) is 2.50. The van der Waals surface area contributed by atoms with Gasteiger partial charge in [0.25, 0.3) is 11.8 Å². The number of amides is 2. The molecule has 0 saturated heterocycles. The maximum absolute atomic E-state index is 12.9. The summed E-state index contributed by atoms with van der Waals surface area (Å²) in [5, 5.41) is 5.92. The molecule has 0 spiro atoms. The van der Waals surface area contributed by atoms with Crippen molar-refractivity contribution in [2.45, 2.75) is 38.3 Å². The first-order valence-corrected chi connectivity index (χ1v) is 11.7. The van der Waals surface area contributed by atoms with E-state index in [0.29, 0.717) is 40.7 Å². The Morgan fingerprint density at radius 3 is 2.06 bits per heavy atom. The maximum atomic E-state index is 12.9. The average Bonchev–Trinajstić information content (AvgIpc) is 3.41. The van der Waals surface area contributed by atoms with E-state index in [0.717, 1.165) is 31.2 Å². The van der Waals surface area contributed by atoms with Gasteiger partial charge in [0.05, 0.1) is 14.2 Å². The standard InChI is InChI=1S/C28H30N2O5/c1-33-24-16-21(17-25(34-2)26(24)35-18-19-8-4-3-5-9-19)28(32)30-23-14-12-20(13-15-23)27(31)29-22-10-6-7-11-22/h3-5,8-9,12-17,22H,6-7,10-11,18H2,1-2H3,(H,29,31)(H,30,32). The van der Waals surface area contributed by atoms with Crippen LogP contribution in [0.25, 0.3) is 0 Å². The van der Waals surface area contributed by atoms with Gasteiger partial charge < -0.3 is 24.8 Å². The molecule has 1 aliphatic rings. The van der Waals surface area contributed by atoms with E-state index >= 15 is 0 Å². The van der Waals surface area contributed by atoms with Crippen LogP contribution in [0.1, 0.15) is 52.0 Å². The number of anilines is 1. The second-order valence-electron chi connectivity index (χ2n) is 8.47. The van der Waals surface area contributed by atoms with Crippen LogP contribution in [0.15, 0.2) is 66.7 Å². The SMILES string of the molecule is COc1cc(C(=O)Nc2ccc(C(=O)NC3CCCC3)cc2)cc(OC)c1OCc1ccccc1. The van der Waals surface area contributed by atoms with Gasteiger partial charge in [-0.3, -0.25) is 9.59 Å². The molecule has 0 bridgehead atoms. The largest absolute Gasteiger partial charge is 0.493 e. The Balaban J connectivity index is 1.44. The zero-order valence-corrected chi connectivity index (χ0v) is 20.0. The minimum absolute atomic E-state index is 0.0876. The number of hydrogen-bond donors (Lipinski definition) is 2. The van der Waals surface area contributed by atoms with E-state index in [2.05, 4.69) is 10.6 Å². The van der Waals surface area contributed by atoms with E-state index in [4.69, 9.17) is 14.2 Å². The fourth-order valence-electron chi connectivity index (χ4n) is 4.13. The molecule has 7 nitrogen and oxygen atoms in total. The monoisotopic (exact) mass is 474 g/mol. The van der Waals surface area contributed by atoms with Crippen LogP contribution in [0.2, 0.25) is 0 Å². The van der Waals surface area contributed by atoms with Crippen LogP contribution in [0.4, 0.5) is 5.69 Å². The minimum atomic E-state index is -0.334. The summed E-state index contributed by atoms with van der Waals surface area (Å²) in [7, 11) is 3.03. The predicted octanol–water partition coefficient (Wildman–Crippen LogP) is 5.21. The molecule has 3 aromatic rings. The molecule has 35 heavy (non-hydrogen) atoms. The second kappa shape index (κ2) is 11.4. The van der Waals surface area contributed by atoms with Gasteiger partial charge in [0, 0.05) is 22.9 Å². The Morgan fingerprint density at radius 1 is 0.829 bits per heavy atom. The van der Waals surface area contributed by atoms with E-state index in [1.165, 1.54) is 14.2 Å². The molecule has 0 unspecified atom stereocenters. The van der Waals surface area contributed by atoms with E-state index in [1.54, 1.807) is 36.4 Å². The van der Waals surface area contributed by atoms with Crippen molar-refractivity contribution < 1.29 is 23.8 Å². The summed E-state index contributed by atoms with van der Waals surface area (Å²) < 4.78 is 16.9. The van der Waals surface area contributed by atoms with Gasteiger partial charge in [0.2, 0.25) is 5.75 Å². The van der Waals surface area contributed by atoms with Crippen LogP contribution in [0.3, 0.4) is 0 Å². The normalized spacial score (nSPS) is 13.2. The molecule has 1 saturated carbocycles. The van der Waals surface area contributed by atoms with Crippen molar-refractivity contribution in [3.63, 3.8) is 0 Å². The fraction of sp³-hybridized carbons (Fsp3) is 0.286. The van der Waals surface area contributed by atoms with Gasteiger partial charge in [0.1, 0.15) is 6.61 Å². The Kier molecular flexibility index (Phi) is 7.88. The molecule has 2 amide bonds. The molecule has 0 aliphatic heterocycles. The predicted molar refractivity (Wildman–Crippen MR) is 134 cm³/mol. The molecule has 0 radical (unpaired) electrons. The number of benzene rings is 3. The molecule has 182 valence electrons. The van der Waals surface area contributed by atoms with Crippen molar-refractivity contribution in [1.82, 2.24) is 5.32 Å². The van der Waals surface area contributed by atoms with Crippen molar-refractivity contribution in [3.05, 3.63) is 83.4 Å². The highest BCUT2D eigenvalue weighted by atomic mass is 16.5. The van der Waals surface area contributed by atoms with Gasteiger partial charge >= 0.3 is 0 Å². The van der Waals surface area contributed by atoms with Gasteiger partial charge in [-0.15, -0.1) is 0 Å². The Bertz CT molecular complexity index is 1130. The summed E-state index contributed by atoms with van der Waals surface area (Å²) in [6.07, 6.45) is 4.38. The zero-order chi connectivity index (χ0) is 24.6. The number of nitrogens with one attached hydrogen (secondary N) is 2. The summed E-state index contributed by atoms with van der Waals surface area (Å²) >= 11 is 0. The number of rotatable bonds is 9. The average molecular weight is 475 g/mol. The van der Waals surface area contributed by atoms with Crippen molar-refractivity contribution in [2.75, 3.05) is 19.5 Å². The molecule has 0 atom stereocenters. The van der Waals surface area contributed by atoms with E-state index < -0.39 is 0 Å². The first-order valence-electron chi connectivity index (χ1n) is 11.7. The van der Waals surface area contributed by atoms with Crippen molar-refractivity contribution in [1.29, 1.82) is 0 Å². The topological polar surface area (TPSA) is 85.9 Å². The number of ether oxygens (including phenoxy) is 3. The highest BCUT2D eigenvalue weighted by molar-refractivity contribution is 6.05. The van der Waals surface area contributed by atoms with Crippen LogP contribution in [-0.2, 0) is 6.61 Å². The fourth-order valence-corrected chi connectivity index (χ4v) is 4.13. The molecule has 0 aromatic heterocycles. The highest BCUT2D eigenvalue weighted by Gasteiger charge is 2.20. The van der Waals surface area contributed by atoms with Crippen molar-refractivity contribution in [2.24, 2.45) is 0 Å². The van der Waals surface area contributed by atoms with Crippen LogP contribution >= 0.6 is 0 Å². The lowest BCUT2D eigenvalue weighted by atomic mass is 10.1. The van der Waals surface area contributed by atoms with Gasteiger partial charge in [-0.25, -0.2) is 0 Å². The van der Waals surface area contributed by atoms with Gasteiger partial charge in [-0.2, -0.15) is 0 Å². The van der Waals surface area contributed by atoms with Crippen LogP contribution in [-0.4, -0.2) is 32.1 Å². The van der Waals surface area contributed by atoms with E-state index in [1.807, 2.05) is 30.3 Å². The molecule has 4 rings (SSSR count). The summed E-state index contributed by atoms with van der Waals surface area (Å²) in [5.74, 6) is 0.788. The molecular formula is C28H30N2O5. The zero-order valence-electron chi connectivity index (χ0n) is 20.0. The third kappa shape index (κ3) is 6.12. The van der Waals surface area contributed by atoms with E-state index in [9.17, 15) is 9.59 Å². The number of carbonyl (C=O) groups is 2. The van der Waals surface area contributed by atoms with Gasteiger partial charge in [0.15, 0.2) is 11.5 Å². The molecular weight excluding hydrogens is 444 g/mol. The quantitative estimate of drug-likeness (QED) is 0.445. The van der Waals surface area contributed by atoms with Gasteiger partial charge in [-0.05, 0) is 54.8 Å². The lowest BCUT2D eigenvalue weighted by Crippen LogP contribution is -2.32. The molecule has 7 heteroatoms. The molecule has 1 aliphatic carbocycles. The summed E-state index contributed by atoms with van der Waals surface area (Å²) in [4.78, 5) is 25.4. The van der Waals surface area contributed by atoms with Crippen LogP contribution < -0.4 is 24.8 Å². The highest BCUT2D eigenvalue weighted by Crippen LogP contribution is 2.39. The molecule has 1 fully saturated rings.